The summed E-state index contributed by atoms with van der Waals surface area (Å²) in [5.41, 5.74) is 3.08. The average molecular weight is 215 g/mol. The van der Waals surface area contributed by atoms with Gasteiger partial charge in [0.15, 0.2) is 11.0 Å². The predicted octanol–water partition coefficient (Wildman–Crippen LogP) is 2.38. The van der Waals surface area contributed by atoms with Crippen molar-refractivity contribution >= 4 is 28.2 Å². The Kier molecular flexibility index (Phi) is 3.59. The Morgan fingerprint density at radius 2 is 2.00 bits per heavy atom. The largest absolute Gasteiger partial charge is 0.292 e. The maximum Gasteiger partial charge on any atom is 0.191 e. The normalized spacial score (nSPS) is 11.2. The first-order valence-electron chi connectivity index (χ1n) is 3.85. The van der Waals surface area contributed by atoms with Crippen LogP contribution in [0.2, 0.25) is 0 Å². The molecule has 1 rings (SSSR count). The lowest BCUT2D eigenvalue weighted by Crippen LogP contribution is -2.04. The minimum atomic E-state index is -0.336. The van der Waals surface area contributed by atoms with Gasteiger partial charge in [-0.1, -0.05) is 11.6 Å². The van der Waals surface area contributed by atoms with Crippen molar-refractivity contribution in [1.29, 1.82) is 0 Å². The van der Waals surface area contributed by atoms with E-state index in [1.807, 2.05) is 0 Å². The Bertz CT molecular complexity index is 362. The third-order valence-electron chi connectivity index (χ3n) is 1.42. The van der Waals surface area contributed by atoms with E-state index >= 15 is 0 Å². The van der Waals surface area contributed by atoms with Gasteiger partial charge in [0.1, 0.15) is 5.82 Å². The van der Waals surface area contributed by atoms with Gasteiger partial charge in [0.25, 0.3) is 0 Å². The number of nitrogens with zero attached hydrogens (tertiary/aromatic N) is 1. The zero-order valence-electron chi connectivity index (χ0n) is 7.42. The van der Waals surface area contributed by atoms with E-state index in [1.165, 1.54) is 31.2 Å². The summed E-state index contributed by atoms with van der Waals surface area (Å²) in [6.45, 7) is 1.30. The molecule has 0 saturated carbocycles. The van der Waals surface area contributed by atoms with Gasteiger partial charge in [-0.2, -0.15) is 5.10 Å². The second kappa shape index (κ2) is 4.72. The molecule has 0 atom stereocenters. The van der Waals surface area contributed by atoms with E-state index in [2.05, 4.69) is 10.5 Å². The maximum absolute atomic E-state index is 12.5. The van der Waals surface area contributed by atoms with Crippen molar-refractivity contribution in [3.63, 3.8) is 0 Å². The van der Waals surface area contributed by atoms with Crippen LogP contribution in [0.5, 0.6) is 0 Å². The highest BCUT2D eigenvalue weighted by atomic mass is 35.5. The average Bonchev–Trinajstić information content (AvgIpc) is 2.16. The topological polar surface area (TPSA) is 41.5 Å². The van der Waals surface area contributed by atoms with Crippen LogP contribution in [-0.4, -0.2) is 11.0 Å². The number of ketones is 1. The highest BCUT2D eigenvalue weighted by Gasteiger charge is 1.99. The van der Waals surface area contributed by atoms with Gasteiger partial charge in [-0.15, -0.1) is 0 Å². The number of Topliss-reactive ketones (excluding diaryl/α,β-unsaturated/α-hetero) is 1. The molecule has 0 radical (unpaired) electrons. The molecule has 0 unspecified atom stereocenters. The van der Waals surface area contributed by atoms with E-state index in [0.717, 1.165) is 0 Å². The quantitative estimate of drug-likeness (QED) is 0.620. The van der Waals surface area contributed by atoms with Crippen molar-refractivity contribution in [2.75, 3.05) is 5.43 Å². The molecule has 0 aliphatic rings. The fourth-order valence-electron chi connectivity index (χ4n) is 0.717. The van der Waals surface area contributed by atoms with Crippen LogP contribution < -0.4 is 5.43 Å². The molecule has 0 aromatic heterocycles. The molecule has 0 heterocycles. The first-order chi connectivity index (χ1) is 6.59. The standard InChI is InChI=1S/C9H8ClFN2O/c1-6(14)9(10)13-12-8-4-2-7(11)3-5-8/h2-5,12H,1H3. The van der Waals surface area contributed by atoms with Crippen molar-refractivity contribution in [2.24, 2.45) is 5.10 Å². The predicted molar refractivity (Wildman–Crippen MR) is 54.0 cm³/mol. The summed E-state index contributed by atoms with van der Waals surface area (Å²) in [6, 6.07) is 5.53. The Morgan fingerprint density at radius 3 is 2.50 bits per heavy atom. The number of anilines is 1. The Balaban J connectivity index is 2.66. The minimum Gasteiger partial charge on any atom is -0.292 e. The van der Waals surface area contributed by atoms with Crippen LogP contribution in [0, 0.1) is 5.82 Å². The van der Waals surface area contributed by atoms with Crippen molar-refractivity contribution in [3.8, 4) is 0 Å². The summed E-state index contributed by atoms with van der Waals surface area (Å²) in [5, 5.41) is 3.44. The molecule has 5 heteroatoms. The number of benzene rings is 1. The molecule has 74 valence electrons. The highest BCUT2D eigenvalue weighted by Crippen LogP contribution is 2.08. The first kappa shape index (κ1) is 10.7. The molecule has 0 fully saturated rings. The number of carbonyl (C=O) groups excluding carboxylic acids is 1. The van der Waals surface area contributed by atoms with Crippen molar-refractivity contribution in [3.05, 3.63) is 30.1 Å². The third-order valence-corrected chi connectivity index (χ3v) is 1.77. The highest BCUT2D eigenvalue weighted by molar-refractivity contribution is 6.82. The van der Waals surface area contributed by atoms with Crippen LogP contribution in [0.25, 0.3) is 0 Å². The summed E-state index contributed by atoms with van der Waals surface area (Å²) < 4.78 is 12.5. The lowest BCUT2D eigenvalue weighted by Gasteiger charge is -1.99. The summed E-state index contributed by atoms with van der Waals surface area (Å²) >= 11 is 5.46. The van der Waals surface area contributed by atoms with Gasteiger partial charge in [-0.3, -0.25) is 10.2 Å². The number of hydrogen-bond acceptors (Lipinski definition) is 3. The Morgan fingerprint density at radius 1 is 1.43 bits per heavy atom. The third kappa shape index (κ3) is 3.14. The fourth-order valence-corrected chi connectivity index (χ4v) is 0.759. The zero-order valence-corrected chi connectivity index (χ0v) is 8.18. The maximum atomic E-state index is 12.5. The van der Waals surface area contributed by atoms with Gasteiger partial charge in [-0.25, -0.2) is 4.39 Å². The van der Waals surface area contributed by atoms with Gasteiger partial charge in [0.2, 0.25) is 0 Å². The summed E-state index contributed by atoms with van der Waals surface area (Å²) in [7, 11) is 0. The molecule has 0 aliphatic carbocycles. The van der Waals surface area contributed by atoms with Crippen LogP contribution in [0.3, 0.4) is 0 Å². The second-order valence-corrected chi connectivity index (χ2v) is 2.94. The molecule has 1 aromatic rings. The SMILES string of the molecule is CC(=O)C(Cl)=NNc1ccc(F)cc1. The number of hydrazone groups is 1. The molecule has 0 bridgehead atoms. The molecule has 0 amide bonds. The van der Waals surface area contributed by atoms with Crippen molar-refractivity contribution in [1.82, 2.24) is 0 Å². The molecule has 1 N–H and O–H groups in total. The van der Waals surface area contributed by atoms with Crippen LogP contribution in [-0.2, 0) is 4.79 Å². The Labute approximate surface area is 85.6 Å². The number of nitrogens with one attached hydrogen (secondary N) is 1. The summed E-state index contributed by atoms with van der Waals surface area (Å²) in [4.78, 5) is 10.7. The number of halogens is 2. The first-order valence-corrected chi connectivity index (χ1v) is 4.23. The van der Waals surface area contributed by atoms with Crippen molar-refractivity contribution in [2.45, 2.75) is 6.92 Å². The van der Waals surface area contributed by atoms with E-state index < -0.39 is 0 Å². The second-order valence-electron chi connectivity index (χ2n) is 2.58. The van der Waals surface area contributed by atoms with Gasteiger partial charge in [-0.05, 0) is 24.3 Å². The van der Waals surface area contributed by atoms with Crippen LogP contribution in [0.15, 0.2) is 29.4 Å². The smallest absolute Gasteiger partial charge is 0.191 e. The van der Waals surface area contributed by atoms with E-state index in [9.17, 15) is 9.18 Å². The van der Waals surface area contributed by atoms with Crippen LogP contribution >= 0.6 is 11.6 Å². The molecular weight excluding hydrogens is 207 g/mol. The number of hydrogen-bond donors (Lipinski definition) is 1. The van der Waals surface area contributed by atoms with Crippen molar-refractivity contribution < 1.29 is 9.18 Å². The summed E-state index contributed by atoms with van der Waals surface area (Å²) in [6.07, 6.45) is 0. The van der Waals surface area contributed by atoms with Crippen LogP contribution in [0.1, 0.15) is 6.92 Å². The number of carbonyl (C=O) groups is 1. The molecule has 0 aliphatic heterocycles. The van der Waals surface area contributed by atoms with Gasteiger partial charge in [0.05, 0.1) is 5.69 Å². The monoisotopic (exact) mass is 214 g/mol. The lowest BCUT2D eigenvalue weighted by molar-refractivity contribution is -0.110. The van der Waals surface area contributed by atoms with Gasteiger partial charge >= 0.3 is 0 Å². The molecule has 0 spiro atoms. The number of rotatable bonds is 3. The molecule has 3 nitrogen and oxygen atoms in total. The van der Waals surface area contributed by atoms with E-state index in [0.29, 0.717) is 5.69 Å². The van der Waals surface area contributed by atoms with Gasteiger partial charge in [0, 0.05) is 6.92 Å². The Hall–Kier alpha value is -1.42. The molecule has 0 saturated heterocycles. The summed E-state index contributed by atoms with van der Waals surface area (Å²) in [5.74, 6) is -0.668. The van der Waals surface area contributed by atoms with Crippen LogP contribution in [0.4, 0.5) is 10.1 Å². The fraction of sp³-hybridized carbons (Fsp3) is 0.111. The zero-order chi connectivity index (χ0) is 10.6. The molecule has 14 heavy (non-hydrogen) atoms. The van der Waals surface area contributed by atoms with E-state index in [-0.39, 0.29) is 16.8 Å². The van der Waals surface area contributed by atoms with E-state index in [1.54, 1.807) is 0 Å². The minimum absolute atomic E-state index is 0.144. The molecular formula is C9H8ClFN2O. The van der Waals surface area contributed by atoms with E-state index in [4.69, 9.17) is 11.6 Å². The van der Waals surface area contributed by atoms with Gasteiger partial charge < -0.3 is 0 Å². The lowest BCUT2D eigenvalue weighted by atomic mass is 10.3. The molecule has 1 aromatic carbocycles.